The van der Waals surface area contributed by atoms with Crippen molar-refractivity contribution in [2.24, 2.45) is 11.7 Å². The molecule has 108 valence electrons. The van der Waals surface area contributed by atoms with E-state index in [0.29, 0.717) is 6.54 Å². The maximum absolute atomic E-state index is 13.0. The lowest BCUT2D eigenvalue weighted by atomic mass is 10.0. The molecule has 6 heteroatoms. The molecule has 1 aromatic carbocycles. The summed E-state index contributed by atoms with van der Waals surface area (Å²) in [4.78, 5) is 0. The van der Waals surface area contributed by atoms with Crippen molar-refractivity contribution in [2.75, 3.05) is 11.9 Å². The summed E-state index contributed by atoms with van der Waals surface area (Å²) in [6.07, 6.45) is -1.76. The molecule has 0 heterocycles. The van der Waals surface area contributed by atoms with E-state index in [1.807, 2.05) is 0 Å². The summed E-state index contributed by atoms with van der Waals surface area (Å²) in [6, 6.07) is 5.30. The number of anilines is 1. The SMILES string of the molecule is N#Cc1ccc(NC2CCCC2CN)c(C(F)(F)F)c1. The predicted molar refractivity (Wildman–Crippen MR) is 70.0 cm³/mol. The Bertz CT molecular complexity index is 519. The van der Waals surface area contributed by atoms with E-state index in [4.69, 9.17) is 11.0 Å². The number of nitrogens with zero attached hydrogens (tertiary/aromatic N) is 1. The van der Waals surface area contributed by atoms with Gasteiger partial charge in [0.2, 0.25) is 0 Å². The van der Waals surface area contributed by atoms with Gasteiger partial charge in [-0.3, -0.25) is 0 Å². The van der Waals surface area contributed by atoms with Gasteiger partial charge in [-0.05, 0) is 43.5 Å². The van der Waals surface area contributed by atoms with Crippen molar-refractivity contribution in [1.29, 1.82) is 5.26 Å². The van der Waals surface area contributed by atoms with Crippen molar-refractivity contribution in [2.45, 2.75) is 31.5 Å². The lowest BCUT2D eigenvalue weighted by Crippen LogP contribution is -2.30. The minimum atomic E-state index is -4.48. The van der Waals surface area contributed by atoms with Gasteiger partial charge in [-0.25, -0.2) is 0 Å². The summed E-state index contributed by atoms with van der Waals surface area (Å²) in [5.74, 6) is 0.201. The van der Waals surface area contributed by atoms with E-state index >= 15 is 0 Å². The second-order valence-corrected chi connectivity index (χ2v) is 5.05. The van der Waals surface area contributed by atoms with E-state index in [-0.39, 0.29) is 23.2 Å². The third kappa shape index (κ3) is 3.05. The minimum absolute atomic E-state index is 0.00433. The largest absolute Gasteiger partial charge is 0.418 e. The molecule has 1 aliphatic carbocycles. The van der Waals surface area contributed by atoms with Crippen LogP contribution in [0.15, 0.2) is 18.2 Å². The van der Waals surface area contributed by atoms with Gasteiger partial charge in [0.05, 0.1) is 17.2 Å². The highest BCUT2D eigenvalue weighted by Gasteiger charge is 2.35. The number of halogens is 3. The van der Waals surface area contributed by atoms with Crippen LogP contribution in [0.5, 0.6) is 0 Å². The second-order valence-electron chi connectivity index (χ2n) is 5.05. The fourth-order valence-electron chi connectivity index (χ4n) is 2.68. The van der Waals surface area contributed by atoms with E-state index in [1.54, 1.807) is 6.07 Å². The molecular weight excluding hydrogens is 267 g/mol. The monoisotopic (exact) mass is 283 g/mol. The molecule has 0 amide bonds. The Morgan fingerprint density at radius 1 is 1.35 bits per heavy atom. The summed E-state index contributed by atoms with van der Waals surface area (Å²) in [6.45, 7) is 0.468. The van der Waals surface area contributed by atoms with E-state index in [0.717, 1.165) is 25.3 Å². The first-order valence-corrected chi connectivity index (χ1v) is 6.53. The van der Waals surface area contributed by atoms with Crippen LogP contribution in [0, 0.1) is 17.2 Å². The molecule has 1 fully saturated rings. The summed E-state index contributed by atoms with van der Waals surface area (Å²) in [5.41, 5.74) is 4.88. The molecule has 1 saturated carbocycles. The van der Waals surface area contributed by atoms with Crippen LogP contribution in [0.2, 0.25) is 0 Å². The molecule has 0 radical (unpaired) electrons. The van der Waals surface area contributed by atoms with Gasteiger partial charge in [0, 0.05) is 11.7 Å². The highest BCUT2D eigenvalue weighted by molar-refractivity contribution is 5.56. The Labute approximate surface area is 115 Å². The van der Waals surface area contributed by atoms with Crippen LogP contribution in [0.25, 0.3) is 0 Å². The Kier molecular flexibility index (Phi) is 4.19. The number of hydrogen-bond donors (Lipinski definition) is 2. The average Bonchev–Trinajstić information content (AvgIpc) is 2.85. The third-order valence-corrected chi connectivity index (χ3v) is 3.76. The maximum Gasteiger partial charge on any atom is 0.418 e. The lowest BCUT2D eigenvalue weighted by molar-refractivity contribution is -0.137. The quantitative estimate of drug-likeness (QED) is 0.896. The molecule has 2 atom stereocenters. The van der Waals surface area contributed by atoms with Gasteiger partial charge in [0.1, 0.15) is 0 Å². The van der Waals surface area contributed by atoms with Crippen molar-refractivity contribution < 1.29 is 13.2 Å². The van der Waals surface area contributed by atoms with Crippen molar-refractivity contribution >= 4 is 5.69 Å². The van der Waals surface area contributed by atoms with Crippen LogP contribution >= 0.6 is 0 Å². The third-order valence-electron chi connectivity index (χ3n) is 3.76. The van der Waals surface area contributed by atoms with Crippen LogP contribution < -0.4 is 11.1 Å². The van der Waals surface area contributed by atoms with E-state index in [2.05, 4.69) is 5.32 Å². The zero-order valence-electron chi connectivity index (χ0n) is 10.9. The van der Waals surface area contributed by atoms with Crippen molar-refractivity contribution in [3.63, 3.8) is 0 Å². The van der Waals surface area contributed by atoms with Gasteiger partial charge < -0.3 is 11.1 Å². The summed E-state index contributed by atoms with van der Waals surface area (Å²) < 4.78 is 39.1. The standard InChI is InChI=1S/C14H16F3N3/c15-14(16,17)11-6-9(7-18)4-5-13(11)20-12-3-1-2-10(12)8-19/h4-6,10,12,20H,1-3,8,19H2. The molecule has 2 rings (SSSR count). The maximum atomic E-state index is 13.0. The molecule has 0 bridgehead atoms. The number of rotatable bonds is 3. The molecule has 0 saturated heterocycles. The smallest absolute Gasteiger partial charge is 0.381 e. The molecule has 2 unspecified atom stereocenters. The number of hydrogen-bond acceptors (Lipinski definition) is 3. The summed E-state index contributed by atoms with van der Waals surface area (Å²) in [5, 5.41) is 11.7. The zero-order valence-corrected chi connectivity index (χ0v) is 10.9. The van der Waals surface area contributed by atoms with Crippen LogP contribution in [-0.4, -0.2) is 12.6 Å². The minimum Gasteiger partial charge on any atom is -0.381 e. The first kappa shape index (κ1) is 14.7. The lowest BCUT2D eigenvalue weighted by Gasteiger charge is -2.23. The second kappa shape index (κ2) is 5.71. The van der Waals surface area contributed by atoms with Crippen LogP contribution in [0.1, 0.15) is 30.4 Å². The number of alkyl halides is 3. The molecule has 0 aromatic heterocycles. The fraction of sp³-hybridized carbons (Fsp3) is 0.500. The molecule has 3 N–H and O–H groups in total. The first-order chi connectivity index (χ1) is 9.45. The Morgan fingerprint density at radius 3 is 2.70 bits per heavy atom. The van der Waals surface area contributed by atoms with E-state index in [1.165, 1.54) is 12.1 Å². The summed E-state index contributed by atoms with van der Waals surface area (Å²) >= 11 is 0. The zero-order chi connectivity index (χ0) is 14.8. The van der Waals surface area contributed by atoms with E-state index in [9.17, 15) is 13.2 Å². The van der Waals surface area contributed by atoms with E-state index < -0.39 is 11.7 Å². The first-order valence-electron chi connectivity index (χ1n) is 6.53. The Balaban J connectivity index is 2.29. The summed E-state index contributed by atoms with van der Waals surface area (Å²) in [7, 11) is 0. The van der Waals surface area contributed by atoms with Crippen LogP contribution in [0.3, 0.4) is 0 Å². The Hall–Kier alpha value is -1.74. The molecule has 3 nitrogen and oxygen atoms in total. The van der Waals surface area contributed by atoms with Crippen molar-refractivity contribution in [3.05, 3.63) is 29.3 Å². The van der Waals surface area contributed by atoms with Gasteiger partial charge in [-0.1, -0.05) is 6.42 Å². The number of nitriles is 1. The van der Waals surface area contributed by atoms with Crippen LogP contribution in [-0.2, 0) is 6.18 Å². The number of nitrogens with one attached hydrogen (secondary N) is 1. The van der Waals surface area contributed by atoms with Gasteiger partial charge >= 0.3 is 6.18 Å². The number of nitrogens with two attached hydrogens (primary N) is 1. The van der Waals surface area contributed by atoms with Gasteiger partial charge in [0.15, 0.2) is 0 Å². The molecule has 20 heavy (non-hydrogen) atoms. The number of benzene rings is 1. The normalized spacial score (nSPS) is 22.6. The topological polar surface area (TPSA) is 61.8 Å². The van der Waals surface area contributed by atoms with Gasteiger partial charge in [-0.2, -0.15) is 18.4 Å². The molecule has 1 aliphatic rings. The van der Waals surface area contributed by atoms with Crippen molar-refractivity contribution in [1.82, 2.24) is 0 Å². The van der Waals surface area contributed by atoms with Crippen LogP contribution in [0.4, 0.5) is 18.9 Å². The Morgan fingerprint density at radius 2 is 2.10 bits per heavy atom. The highest BCUT2D eigenvalue weighted by Crippen LogP contribution is 2.37. The highest BCUT2D eigenvalue weighted by atomic mass is 19.4. The average molecular weight is 283 g/mol. The van der Waals surface area contributed by atoms with Gasteiger partial charge in [0.25, 0.3) is 0 Å². The molecular formula is C14H16F3N3. The van der Waals surface area contributed by atoms with Gasteiger partial charge in [-0.15, -0.1) is 0 Å². The molecule has 0 spiro atoms. The van der Waals surface area contributed by atoms with Crippen molar-refractivity contribution in [3.8, 4) is 6.07 Å². The molecule has 1 aromatic rings. The fourth-order valence-corrected chi connectivity index (χ4v) is 2.68. The predicted octanol–water partition coefficient (Wildman–Crippen LogP) is 3.12. The molecule has 0 aliphatic heterocycles.